The number of fused-ring (bicyclic) bond motifs is 1. The predicted molar refractivity (Wildman–Crippen MR) is 68.6 cm³/mol. The Kier molecular flexibility index (Phi) is 2.26. The maximum absolute atomic E-state index is 5.61. The molecule has 0 saturated carbocycles. The van der Waals surface area contributed by atoms with Gasteiger partial charge in [-0.3, -0.25) is 5.10 Å². The summed E-state index contributed by atoms with van der Waals surface area (Å²) in [6.45, 7) is 0. The molecule has 0 aromatic carbocycles. The zero-order valence-electron chi connectivity index (χ0n) is 9.28. The zero-order chi connectivity index (χ0) is 12.5. The molecule has 3 rings (SSSR count). The first kappa shape index (κ1) is 10.4. The number of allylic oxidation sites excluding steroid dienone is 3. The van der Waals surface area contributed by atoms with E-state index >= 15 is 0 Å². The Labute approximate surface area is 102 Å². The molecular formula is C10H10N8. The summed E-state index contributed by atoms with van der Waals surface area (Å²) < 4.78 is 0. The van der Waals surface area contributed by atoms with Gasteiger partial charge in [0.25, 0.3) is 0 Å². The van der Waals surface area contributed by atoms with Gasteiger partial charge in [-0.1, -0.05) is 0 Å². The monoisotopic (exact) mass is 242 g/mol. The zero-order valence-corrected chi connectivity index (χ0v) is 9.28. The lowest BCUT2D eigenvalue weighted by atomic mass is 9.99. The fourth-order valence-electron chi connectivity index (χ4n) is 1.64. The topological polar surface area (TPSA) is 130 Å². The van der Waals surface area contributed by atoms with Gasteiger partial charge < -0.3 is 11.5 Å². The van der Waals surface area contributed by atoms with Crippen molar-refractivity contribution >= 4 is 29.2 Å². The van der Waals surface area contributed by atoms with Gasteiger partial charge >= 0.3 is 0 Å². The van der Waals surface area contributed by atoms with E-state index in [-0.39, 0.29) is 11.7 Å². The maximum Gasteiger partial charge on any atom is 0.175 e. The highest BCUT2D eigenvalue weighted by Crippen LogP contribution is 2.27. The van der Waals surface area contributed by atoms with Crippen molar-refractivity contribution in [3.8, 4) is 0 Å². The van der Waals surface area contributed by atoms with Gasteiger partial charge in [0.15, 0.2) is 11.5 Å². The van der Waals surface area contributed by atoms with Crippen molar-refractivity contribution in [2.75, 3.05) is 11.5 Å². The Bertz CT molecular complexity index is 611. The van der Waals surface area contributed by atoms with Crippen LogP contribution in [0.15, 0.2) is 44.4 Å². The van der Waals surface area contributed by atoms with E-state index in [0.29, 0.717) is 17.2 Å². The largest absolute Gasteiger partial charge is 0.382 e. The number of H-pyrrole nitrogens is 1. The first-order valence-corrected chi connectivity index (χ1v) is 5.26. The lowest BCUT2D eigenvalue weighted by Gasteiger charge is -2.06. The molecule has 0 radical (unpaired) electrons. The molecule has 5 N–H and O–H groups in total. The van der Waals surface area contributed by atoms with Crippen LogP contribution in [0.5, 0.6) is 0 Å². The van der Waals surface area contributed by atoms with Crippen LogP contribution in [-0.2, 0) is 0 Å². The van der Waals surface area contributed by atoms with Crippen LogP contribution >= 0.6 is 0 Å². The highest BCUT2D eigenvalue weighted by Gasteiger charge is 2.17. The summed E-state index contributed by atoms with van der Waals surface area (Å²) in [5.74, 6) is 0.589. The molecule has 0 amide bonds. The summed E-state index contributed by atoms with van der Waals surface area (Å²) in [5, 5.41) is 22.1. The third-order valence-corrected chi connectivity index (χ3v) is 2.58. The minimum absolute atomic E-state index is 0.0722. The molecule has 0 spiro atoms. The number of hydrogen-bond acceptors (Lipinski definition) is 7. The number of rotatable bonds is 2. The van der Waals surface area contributed by atoms with Gasteiger partial charge in [-0.2, -0.15) is 20.4 Å². The standard InChI is InChI=1S/C10H10N8/c11-9-8(10(12)18-17-9)16-14-6-1-2-7-5(3-6)4-13-15-7/h1-5H,(H5,11,12,17,18). The van der Waals surface area contributed by atoms with E-state index in [1.54, 1.807) is 12.3 Å². The molecule has 1 aromatic rings. The molecule has 1 aliphatic heterocycles. The van der Waals surface area contributed by atoms with E-state index < -0.39 is 0 Å². The number of anilines is 2. The highest BCUT2D eigenvalue weighted by atomic mass is 15.2. The predicted octanol–water partition coefficient (Wildman–Crippen LogP) is 1.17. The van der Waals surface area contributed by atoms with Gasteiger partial charge in [0, 0.05) is 6.21 Å². The van der Waals surface area contributed by atoms with Gasteiger partial charge in [-0.15, -0.1) is 5.11 Å². The smallest absolute Gasteiger partial charge is 0.175 e. The lowest BCUT2D eigenvalue weighted by Crippen LogP contribution is -2.10. The fraction of sp³-hybridized carbons (Fsp3) is 0.100. The number of nitrogens with two attached hydrogens (primary N) is 2. The SMILES string of the molecule is Nc1n[nH]c(N)c1N=NC1=CC2C=NN=C2C=C1. The van der Waals surface area contributed by atoms with Gasteiger partial charge in [-0.25, -0.2) is 0 Å². The Morgan fingerprint density at radius 1 is 1.22 bits per heavy atom. The molecular weight excluding hydrogens is 232 g/mol. The van der Waals surface area contributed by atoms with E-state index in [1.165, 1.54) is 0 Å². The molecule has 1 atom stereocenters. The normalized spacial score (nSPS) is 21.2. The number of nitrogens with zero attached hydrogens (tertiary/aromatic N) is 5. The number of nitrogens with one attached hydrogen (secondary N) is 1. The molecule has 8 nitrogen and oxygen atoms in total. The van der Waals surface area contributed by atoms with Crippen molar-refractivity contribution in [3.63, 3.8) is 0 Å². The number of hydrogen-bond donors (Lipinski definition) is 3. The molecule has 1 unspecified atom stereocenters. The van der Waals surface area contributed by atoms with Crippen LogP contribution < -0.4 is 11.5 Å². The van der Waals surface area contributed by atoms with Gasteiger partial charge in [0.1, 0.15) is 5.82 Å². The Morgan fingerprint density at radius 3 is 2.89 bits per heavy atom. The number of aromatic nitrogens is 2. The number of aromatic amines is 1. The van der Waals surface area contributed by atoms with Crippen LogP contribution in [0, 0.1) is 5.92 Å². The number of nitrogen functional groups attached to an aromatic ring is 2. The summed E-state index contributed by atoms with van der Waals surface area (Å²) in [6.07, 6.45) is 7.31. The average Bonchev–Trinajstić information content (AvgIpc) is 2.94. The molecule has 18 heavy (non-hydrogen) atoms. The minimum Gasteiger partial charge on any atom is -0.382 e. The van der Waals surface area contributed by atoms with Crippen molar-refractivity contribution in [2.45, 2.75) is 0 Å². The molecule has 0 saturated heterocycles. The van der Waals surface area contributed by atoms with E-state index in [0.717, 1.165) is 5.71 Å². The van der Waals surface area contributed by atoms with Crippen LogP contribution in [-0.4, -0.2) is 22.1 Å². The van der Waals surface area contributed by atoms with E-state index in [9.17, 15) is 0 Å². The summed E-state index contributed by atoms with van der Waals surface area (Å²) >= 11 is 0. The molecule has 2 heterocycles. The van der Waals surface area contributed by atoms with Gasteiger partial charge in [0.05, 0.1) is 17.3 Å². The van der Waals surface area contributed by atoms with E-state index in [4.69, 9.17) is 11.5 Å². The van der Waals surface area contributed by atoms with Crippen LogP contribution in [0.4, 0.5) is 17.3 Å². The highest BCUT2D eigenvalue weighted by molar-refractivity contribution is 6.10. The van der Waals surface area contributed by atoms with Crippen LogP contribution in [0.3, 0.4) is 0 Å². The molecule has 2 aliphatic rings. The maximum atomic E-state index is 5.61. The summed E-state index contributed by atoms with van der Waals surface area (Å²) in [7, 11) is 0. The lowest BCUT2D eigenvalue weighted by molar-refractivity contribution is 1.11. The van der Waals surface area contributed by atoms with Crippen LogP contribution in [0.2, 0.25) is 0 Å². The summed E-state index contributed by atoms with van der Waals surface area (Å²) in [6, 6.07) is 0. The fourth-order valence-corrected chi connectivity index (χ4v) is 1.64. The minimum atomic E-state index is 0.0722. The molecule has 90 valence electrons. The number of azo groups is 1. The third kappa shape index (κ3) is 1.69. The third-order valence-electron chi connectivity index (χ3n) is 2.58. The molecule has 1 aliphatic carbocycles. The van der Waals surface area contributed by atoms with Crippen molar-refractivity contribution in [3.05, 3.63) is 23.9 Å². The second-order valence-electron chi connectivity index (χ2n) is 3.81. The Balaban J connectivity index is 1.84. The van der Waals surface area contributed by atoms with Crippen molar-refractivity contribution in [2.24, 2.45) is 26.3 Å². The molecule has 1 aromatic heterocycles. The molecule has 8 heteroatoms. The van der Waals surface area contributed by atoms with E-state index in [1.807, 2.05) is 12.2 Å². The van der Waals surface area contributed by atoms with E-state index in [2.05, 4.69) is 30.6 Å². The second kappa shape index (κ2) is 3.91. The average molecular weight is 242 g/mol. The Hall–Kier alpha value is -2.77. The summed E-state index contributed by atoms with van der Waals surface area (Å²) in [4.78, 5) is 0. The summed E-state index contributed by atoms with van der Waals surface area (Å²) in [5.41, 5.74) is 13.2. The van der Waals surface area contributed by atoms with Gasteiger partial charge in [-0.05, 0) is 18.2 Å². The second-order valence-corrected chi connectivity index (χ2v) is 3.81. The molecule has 0 bridgehead atoms. The first-order valence-electron chi connectivity index (χ1n) is 5.26. The quantitative estimate of drug-likeness (QED) is 0.672. The van der Waals surface area contributed by atoms with Crippen molar-refractivity contribution < 1.29 is 0 Å². The van der Waals surface area contributed by atoms with Crippen LogP contribution in [0.1, 0.15) is 0 Å². The van der Waals surface area contributed by atoms with Crippen LogP contribution in [0.25, 0.3) is 0 Å². The molecule has 0 fully saturated rings. The van der Waals surface area contributed by atoms with Crippen molar-refractivity contribution in [1.29, 1.82) is 0 Å². The first-order chi connectivity index (χ1) is 8.74. The van der Waals surface area contributed by atoms with Crippen molar-refractivity contribution in [1.82, 2.24) is 10.2 Å². The Morgan fingerprint density at radius 2 is 2.11 bits per heavy atom. The van der Waals surface area contributed by atoms with Gasteiger partial charge in [0.2, 0.25) is 0 Å².